The SMILES string of the molecule is N[C@]1(C(=O)O)CC=CCC1. The molecule has 3 nitrogen and oxygen atoms in total. The van der Waals surface area contributed by atoms with Gasteiger partial charge in [0.25, 0.3) is 0 Å². The number of allylic oxidation sites excluding steroid dienone is 1. The predicted molar refractivity (Wildman–Crippen MR) is 37.5 cm³/mol. The molecule has 0 bridgehead atoms. The highest BCUT2D eigenvalue weighted by atomic mass is 16.4. The third kappa shape index (κ3) is 1.19. The Balaban J connectivity index is 2.68. The minimum Gasteiger partial charge on any atom is -0.480 e. The van der Waals surface area contributed by atoms with Gasteiger partial charge < -0.3 is 10.8 Å². The molecule has 0 heterocycles. The fraction of sp³-hybridized carbons (Fsp3) is 0.571. The summed E-state index contributed by atoms with van der Waals surface area (Å²) in [6, 6.07) is 0. The van der Waals surface area contributed by atoms with Gasteiger partial charge in [-0.15, -0.1) is 0 Å². The molecule has 1 rings (SSSR count). The molecule has 1 aliphatic carbocycles. The van der Waals surface area contributed by atoms with E-state index in [4.69, 9.17) is 10.8 Å². The number of aliphatic carboxylic acids is 1. The second-order valence-corrected chi connectivity index (χ2v) is 2.68. The maximum Gasteiger partial charge on any atom is 0.324 e. The molecule has 0 aromatic heterocycles. The number of carboxylic acid groups (broad SMARTS) is 1. The van der Waals surface area contributed by atoms with Gasteiger partial charge in [-0.2, -0.15) is 0 Å². The van der Waals surface area contributed by atoms with Crippen LogP contribution in [0.1, 0.15) is 19.3 Å². The highest BCUT2D eigenvalue weighted by Gasteiger charge is 2.32. The maximum atomic E-state index is 10.5. The maximum absolute atomic E-state index is 10.5. The van der Waals surface area contributed by atoms with Gasteiger partial charge in [-0.3, -0.25) is 4.79 Å². The third-order valence-corrected chi connectivity index (χ3v) is 1.83. The summed E-state index contributed by atoms with van der Waals surface area (Å²) in [6.45, 7) is 0. The molecule has 0 unspecified atom stereocenters. The van der Waals surface area contributed by atoms with Crippen molar-refractivity contribution >= 4 is 5.97 Å². The molecule has 3 heteroatoms. The van der Waals surface area contributed by atoms with Crippen LogP contribution in [-0.4, -0.2) is 16.6 Å². The summed E-state index contributed by atoms with van der Waals surface area (Å²) in [6.07, 6.45) is 5.59. The van der Waals surface area contributed by atoms with E-state index in [1.807, 2.05) is 12.2 Å². The Labute approximate surface area is 59.5 Å². The summed E-state index contributed by atoms with van der Waals surface area (Å²) in [7, 11) is 0. The van der Waals surface area contributed by atoms with Crippen LogP contribution in [0.5, 0.6) is 0 Å². The zero-order valence-electron chi connectivity index (χ0n) is 5.71. The van der Waals surface area contributed by atoms with E-state index in [9.17, 15) is 4.79 Å². The average molecular weight is 141 g/mol. The minimum absolute atomic E-state index is 0.461. The zero-order valence-corrected chi connectivity index (χ0v) is 5.71. The van der Waals surface area contributed by atoms with Crippen LogP contribution in [0.15, 0.2) is 12.2 Å². The van der Waals surface area contributed by atoms with Crippen LogP contribution in [0.4, 0.5) is 0 Å². The van der Waals surface area contributed by atoms with Crippen molar-refractivity contribution in [1.82, 2.24) is 0 Å². The molecule has 1 atom stereocenters. The van der Waals surface area contributed by atoms with Crippen LogP contribution < -0.4 is 5.73 Å². The van der Waals surface area contributed by atoms with Gasteiger partial charge in [-0.1, -0.05) is 12.2 Å². The van der Waals surface area contributed by atoms with Crippen molar-refractivity contribution in [3.05, 3.63) is 12.2 Å². The molecule has 10 heavy (non-hydrogen) atoms. The molecule has 1 aliphatic rings. The normalized spacial score (nSPS) is 32.1. The highest BCUT2D eigenvalue weighted by Crippen LogP contribution is 2.20. The van der Waals surface area contributed by atoms with Crippen molar-refractivity contribution in [1.29, 1.82) is 0 Å². The summed E-state index contributed by atoms with van der Waals surface area (Å²) in [5.74, 6) is -0.892. The lowest BCUT2D eigenvalue weighted by Crippen LogP contribution is -2.48. The second kappa shape index (κ2) is 2.42. The van der Waals surface area contributed by atoms with Crippen LogP contribution in [0.3, 0.4) is 0 Å². The molecule has 0 radical (unpaired) electrons. The Morgan fingerprint density at radius 3 is 2.60 bits per heavy atom. The van der Waals surface area contributed by atoms with Crippen molar-refractivity contribution in [2.24, 2.45) is 5.73 Å². The number of carboxylic acids is 1. The highest BCUT2D eigenvalue weighted by molar-refractivity contribution is 5.78. The summed E-state index contributed by atoms with van der Waals surface area (Å²) in [4.78, 5) is 10.5. The molecule has 0 spiro atoms. The van der Waals surface area contributed by atoms with Gasteiger partial charge in [0, 0.05) is 0 Å². The molecule has 0 aliphatic heterocycles. The van der Waals surface area contributed by atoms with Crippen LogP contribution >= 0.6 is 0 Å². The standard InChI is InChI=1S/C7H11NO2/c8-7(6(9)10)4-2-1-3-5-7/h1-2H,3-5,8H2,(H,9,10)/t7-/m1/s1. The third-order valence-electron chi connectivity index (χ3n) is 1.83. The molecule has 0 saturated carbocycles. The molecule has 0 amide bonds. The molecule has 56 valence electrons. The Bertz CT molecular complexity index is 176. The van der Waals surface area contributed by atoms with Crippen LogP contribution in [0, 0.1) is 0 Å². The summed E-state index contributed by atoms with van der Waals surface area (Å²) in [5, 5.41) is 8.64. The van der Waals surface area contributed by atoms with E-state index >= 15 is 0 Å². The number of nitrogens with two attached hydrogens (primary N) is 1. The first-order chi connectivity index (χ1) is 4.65. The Morgan fingerprint density at radius 2 is 2.30 bits per heavy atom. The van der Waals surface area contributed by atoms with Crippen molar-refractivity contribution in [2.75, 3.05) is 0 Å². The summed E-state index contributed by atoms with van der Waals surface area (Å²) in [5.41, 5.74) is 4.56. The Kier molecular flexibility index (Phi) is 1.76. The lowest BCUT2D eigenvalue weighted by Gasteiger charge is -2.24. The topological polar surface area (TPSA) is 63.3 Å². The van der Waals surface area contributed by atoms with Crippen LogP contribution in [-0.2, 0) is 4.79 Å². The average Bonchev–Trinajstić information content (AvgIpc) is 1.89. The number of hydrogen-bond acceptors (Lipinski definition) is 2. The van der Waals surface area contributed by atoms with Crippen LogP contribution in [0.25, 0.3) is 0 Å². The molecule has 0 aromatic rings. The van der Waals surface area contributed by atoms with E-state index in [0.29, 0.717) is 12.8 Å². The number of carbonyl (C=O) groups is 1. The molecule has 0 fully saturated rings. The lowest BCUT2D eigenvalue weighted by atomic mass is 9.87. The van der Waals surface area contributed by atoms with Crippen molar-refractivity contribution < 1.29 is 9.90 Å². The monoisotopic (exact) mass is 141 g/mol. The van der Waals surface area contributed by atoms with Gasteiger partial charge in [-0.25, -0.2) is 0 Å². The van der Waals surface area contributed by atoms with Gasteiger partial charge >= 0.3 is 5.97 Å². The van der Waals surface area contributed by atoms with E-state index in [-0.39, 0.29) is 0 Å². The van der Waals surface area contributed by atoms with Crippen LogP contribution in [0.2, 0.25) is 0 Å². The van der Waals surface area contributed by atoms with E-state index in [2.05, 4.69) is 0 Å². The quantitative estimate of drug-likeness (QED) is 0.523. The Morgan fingerprint density at radius 1 is 1.60 bits per heavy atom. The van der Waals surface area contributed by atoms with Crippen molar-refractivity contribution in [3.63, 3.8) is 0 Å². The predicted octanol–water partition coefficient (Wildman–Crippen LogP) is 0.509. The minimum atomic E-state index is -0.991. The summed E-state index contributed by atoms with van der Waals surface area (Å²) < 4.78 is 0. The molecule has 3 N–H and O–H groups in total. The van der Waals surface area contributed by atoms with E-state index in [1.54, 1.807) is 0 Å². The molecular weight excluding hydrogens is 130 g/mol. The van der Waals surface area contributed by atoms with E-state index in [0.717, 1.165) is 6.42 Å². The van der Waals surface area contributed by atoms with Crippen molar-refractivity contribution in [3.8, 4) is 0 Å². The van der Waals surface area contributed by atoms with Gasteiger partial charge in [0.2, 0.25) is 0 Å². The number of hydrogen-bond donors (Lipinski definition) is 2. The van der Waals surface area contributed by atoms with Gasteiger partial charge in [0.05, 0.1) is 0 Å². The van der Waals surface area contributed by atoms with Gasteiger partial charge in [-0.05, 0) is 19.3 Å². The fourth-order valence-corrected chi connectivity index (χ4v) is 1.05. The molecule has 0 aromatic carbocycles. The van der Waals surface area contributed by atoms with Crippen molar-refractivity contribution in [2.45, 2.75) is 24.8 Å². The number of rotatable bonds is 1. The fourth-order valence-electron chi connectivity index (χ4n) is 1.05. The summed E-state index contributed by atoms with van der Waals surface area (Å²) >= 11 is 0. The first kappa shape index (κ1) is 7.28. The first-order valence-corrected chi connectivity index (χ1v) is 3.32. The molecular formula is C7H11NO2. The van der Waals surface area contributed by atoms with Gasteiger partial charge in [0.1, 0.15) is 5.54 Å². The smallest absolute Gasteiger partial charge is 0.324 e. The molecule has 0 saturated heterocycles. The zero-order chi connectivity index (χ0) is 7.61. The van der Waals surface area contributed by atoms with E-state index < -0.39 is 11.5 Å². The largest absolute Gasteiger partial charge is 0.480 e. The Hall–Kier alpha value is -0.830. The lowest BCUT2D eigenvalue weighted by molar-refractivity contribution is -0.143. The van der Waals surface area contributed by atoms with E-state index in [1.165, 1.54) is 0 Å². The van der Waals surface area contributed by atoms with Gasteiger partial charge in [0.15, 0.2) is 0 Å². The first-order valence-electron chi connectivity index (χ1n) is 3.32. The second-order valence-electron chi connectivity index (χ2n) is 2.68.